The summed E-state index contributed by atoms with van der Waals surface area (Å²) >= 11 is 0. The third-order valence-electron chi connectivity index (χ3n) is 5.47. The zero-order valence-electron chi connectivity index (χ0n) is 18.0. The van der Waals surface area contributed by atoms with Crippen LogP contribution in [0.25, 0.3) is 11.3 Å². The standard InChI is InChI=1S/C24H24F2N4O3/c25-17-5-7-18(8-6-17)28-22(31)16-29-11-13-30(14-12-29)24(32)10-9-23-27-15-21(33-23)19-3-1-2-4-20(19)26/h1-8,15H,9-14,16H2,(H,28,31). The Balaban J connectivity index is 1.20. The van der Waals surface area contributed by atoms with E-state index in [2.05, 4.69) is 10.3 Å². The smallest absolute Gasteiger partial charge is 0.238 e. The van der Waals surface area contributed by atoms with E-state index in [9.17, 15) is 18.4 Å². The van der Waals surface area contributed by atoms with Crippen molar-refractivity contribution in [3.05, 3.63) is 72.3 Å². The predicted octanol–water partition coefficient (Wildman–Crippen LogP) is 3.34. The van der Waals surface area contributed by atoms with E-state index >= 15 is 0 Å². The average molecular weight is 454 g/mol. The van der Waals surface area contributed by atoms with Crippen molar-refractivity contribution in [3.63, 3.8) is 0 Å². The molecule has 1 aromatic heterocycles. The number of nitrogens with one attached hydrogen (secondary N) is 1. The van der Waals surface area contributed by atoms with Gasteiger partial charge in [-0.05, 0) is 36.4 Å². The van der Waals surface area contributed by atoms with Crippen LogP contribution < -0.4 is 5.32 Å². The molecule has 4 rings (SSSR count). The van der Waals surface area contributed by atoms with Gasteiger partial charge in [-0.1, -0.05) is 12.1 Å². The Kier molecular flexibility index (Phi) is 7.09. The Hall–Kier alpha value is -3.59. The number of nitrogens with zero attached hydrogens (tertiary/aromatic N) is 3. The maximum Gasteiger partial charge on any atom is 0.238 e. The Bertz CT molecular complexity index is 1110. The number of hydrogen-bond acceptors (Lipinski definition) is 5. The highest BCUT2D eigenvalue weighted by molar-refractivity contribution is 5.92. The van der Waals surface area contributed by atoms with Gasteiger partial charge in [-0.3, -0.25) is 14.5 Å². The second-order valence-corrected chi connectivity index (χ2v) is 7.81. The minimum absolute atomic E-state index is 0.0175. The van der Waals surface area contributed by atoms with E-state index in [0.29, 0.717) is 55.5 Å². The van der Waals surface area contributed by atoms with Crippen LogP contribution in [0.15, 0.2) is 59.1 Å². The summed E-state index contributed by atoms with van der Waals surface area (Å²) in [6, 6.07) is 11.9. The largest absolute Gasteiger partial charge is 0.441 e. The van der Waals surface area contributed by atoms with Gasteiger partial charge in [0.05, 0.1) is 18.3 Å². The Morgan fingerprint density at radius 3 is 2.45 bits per heavy atom. The molecule has 1 N–H and O–H groups in total. The van der Waals surface area contributed by atoms with E-state index in [1.807, 2.05) is 4.90 Å². The summed E-state index contributed by atoms with van der Waals surface area (Å²) in [5.41, 5.74) is 0.877. The van der Waals surface area contributed by atoms with Crippen molar-refractivity contribution in [2.75, 3.05) is 38.0 Å². The Morgan fingerprint density at radius 1 is 1.00 bits per heavy atom. The number of hydrogen-bond donors (Lipinski definition) is 1. The number of amides is 2. The van der Waals surface area contributed by atoms with Gasteiger partial charge in [0, 0.05) is 44.7 Å². The summed E-state index contributed by atoms with van der Waals surface area (Å²) in [5, 5.41) is 2.74. The first-order chi connectivity index (χ1) is 16.0. The molecule has 2 amide bonds. The molecule has 0 atom stereocenters. The molecule has 9 heteroatoms. The molecule has 1 saturated heterocycles. The fourth-order valence-corrected chi connectivity index (χ4v) is 3.68. The van der Waals surface area contributed by atoms with Crippen molar-refractivity contribution in [3.8, 4) is 11.3 Å². The van der Waals surface area contributed by atoms with Gasteiger partial charge in [-0.2, -0.15) is 0 Å². The highest BCUT2D eigenvalue weighted by atomic mass is 19.1. The molecule has 0 spiro atoms. The number of carbonyl (C=O) groups is 2. The molecule has 0 radical (unpaired) electrons. The van der Waals surface area contributed by atoms with Crippen LogP contribution in [-0.2, 0) is 16.0 Å². The number of anilines is 1. The fourth-order valence-electron chi connectivity index (χ4n) is 3.68. The van der Waals surface area contributed by atoms with Crippen molar-refractivity contribution < 1.29 is 22.8 Å². The van der Waals surface area contributed by atoms with Gasteiger partial charge in [0.1, 0.15) is 11.6 Å². The molecule has 0 saturated carbocycles. The van der Waals surface area contributed by atoms with Crippen LogP contribution in [0.3, 0.4) is 0 Å². The number of rotatable bonds is 7. The number of aryl methyl sites for hydroxylation is 1. The van der Waals surface area contributed by atoms with Crippen molar-refractivity contribution in [1.82, 2.24) is 14.8 Å². The van der Waals surface area contributed by atoms with Gasteiger partial charge in [-0.25, -0.2) is 13.8 Å². The van der Waals surface area contributed by atoms with Crippen LogP contribution in [0.1, 0.15) is 12.3 Å². The molecule has 0 bridgehead atoms. The van der Waals surface area contributed by atoms with Crippen LogP contribution in [0.2, 0.25) is 0 Å². The molecular weight excluding hydrogens is 430 g/mol. The molecule has 1 aliphatic rings. The first-order valence-electron chi connectivity index (χ1n) is 10.7. The van der Waals surface area contributed by atoms with Crippen LogP contribution in [0.5, 0.6) is 0 Å². The molecule has 33 heavy (non-hydrogen) atoms. The van der Waals surface area contributed by atoms with Gasteiger partial charge in [0.25, 0.3) is 0 Å². The molecule has 2 aromatic carbocycles. The Labute approximate surface area is 190 Å². The van der Waals surface area contributed by atoms with Crippen molar-refractivity contribution in [2.24, 2.45) is 0 Å². The van der Waals surface area contributed by atoms with Gasteiger partial charge in [0.15, 0.2) is 11.7 Å². The zero-order valence-corrected chi connectivity index (χ0v) is 18.0. The first kappa shape index (κ1) is 22.6. The van der Waals surface area contributed by atoms with Gasteiger partial charge < -0.3 is 14.6 Å². The van der Waals surface area contributed by atoms with Crippen molar-refractivity contribution in [2.45, 2.75) is 12.8 Å². The van der Waals surface area contributed by atoms with E-state index < -0.39 is 0 Å². The molecule has 3 aromatic rings. The van der Waals surface area contributed by atoms with Crippen LogP contribution in [0, 0.1) is 11.6 Å². The lowest BCUT2D eigenvalue weighted by Crippen LogP contribution is -2.50. The summed E-state index contributed by atoms with van der Waals surface area (Å²) < 4.78 is 32.5. The highest BCUT2D eigenvalue weighted by Gasteiger charge is 2.23. The minimum atomic E-state index is -0.388. The third-order valence-corrected chi connectivity index (χ3v) is 5.47. The normalized spacial score (nSPS) is 14.3. The van der Waals surface area contributed by atoms with Gasteiger partial charge in [0.2, 0.25) is 11.8 Å². The highest BCUT2D eigenvalue weighted by Crippen LogP contribution is 2.23. The monoisotopic (exact) mass is 454 g/mol. The SMILES string of the molecule is O=C(CN1CCN(C(=O)CCc2ncc(-c3ccccc3F)o2)CC1)Nc1ccc(F)cc1. The second kappa shape index (κ2) is 10.4. The zero-order chi connectivity index (χ0) is 23.2. The molecular formula is C24H24F2N4O3. The maximum atomic E-state index is 13.9. The summed E-state index contributed by atoms with van der Waals surface area (Å²) in [7, 11) is 0. The van der Waals surface area contributed by atoms with Gasteiger partial charge in [-0.15, -0.1) is 0 Å². The Morgan fingerprint density at radius 2 is 1.73 bits per heavy atom. The third kappa shape index (κ3) is 6.01. The topological polar surface area (TPSA) is 78.7 Å². The lowest BCUT2D eigenvalue weighted by Gasteiger charge is -2.34. The van der Waals surface area contributed by atoms with Crippen LogP contribution in [-0.4, -0.2) is 59.3 Å². The average Bonchev–Trinajstić information content (AvgIpc) is 3.28. The fraction of sp³-hybridized carbons (Fsp3) is 0.292. The number of carbonyl (C=O) groups excluding carboxylic acids is 2. The molecule has 1 aliphatic heterocycles. The predicted molar refractivity (Wildman–Crippen MR) is 118 cm³/mol. The van der Waals surface area contributed by atoms with E-state index in [-0.39, 0.29) is 36.4 Å². The van der Waals surface area contributed by atoms with E-state index in [1.165, 1.54) is 36.5 Å². The van der Waals surface area contributed by atoms with Crippen LogP contribution in [0.4, 0.5) is 14.5 Å². The number of oxazole rings is 1. The number of benzene rings is 2. The number of halogens is 2. The van der Waals surface area contributed by atoms with Crippen molar-refractivity contribution >= 4 is 17.5 Å². The summed E-state index contributed by atoms with van der Waals surface area (Å²) in [6.07, 6.45) is 2.03. The van der Waals surface area contributed by atoms with E-state index in [1.54, 1.807) is 23.1 Å². The quantitative estimate of drug-likeness (QED) is 0.593. The molecule has 2 heterocycles. The molecule has 7 nitrogen and oxygen atoms in total. The summed E-state index contributed by atoms with van der Waals surface area (Å²) in [5.74, 6) is -0.226. The van der Waals surface area contributed by atoms with E-state index in [4.69, 9.17) is 4.42 Å². The van der Waals surface area contributed by atoms with Crippen molar-refractivity contribution in [1.29, 1.82) is 0 Å². The minimum Gasteiger partial charge on any atom is -0.441 e. The molecule has 172 valence electrons. The lowest BCUT2D eigenvalue weighted by atomic mass is 10.2. The number of aromatic nitrogens is 1. The summed E-state index contributed by atoms with van der Waals surface area (Å²) in [4.78, 5) is 32.7. The number of piperazine rings is 1. The molecule has 1 fully saturated rings. The van der Waals surface area contributed by atoms with E-state index in [0.717, 1.165) is 0 Å². The van der Waals surface area contributed by atoms with Crippen LogP contribution >= 0.6 is 0 Å². The maximum absolute atomic E-state index is 13.9. The molecule has 0 unspecified atom stereocenters. The van der Waals surface area contributed by atoms with Gasteiger partial charge >= 0.3 is 0 Å². The molecule has 0 aliphatic carbocycles. The first-order valence-corrected chi connectivity index (χ1v) is 10.7. The summed E-state index contributed by atoms with van der Waals surface area (Å²) in [6.45, 7) is 2.41. The lowest BCUT2D eigenvalue weighted by molar-refractivity contribution is -0.133. The second-order valence-electron chi connectivity index (χ2n) is 7.81.